The van der Waals surface area contributed by atoms with Crippen LogP contribution >= 0.6 is 0 Å². The van der Waals surface area contributed by atoms with Gasteiger partial charge in [0.1, 0.15) is 29.5 Å². The maximum absolute atomic E-state index is 13.0. The van der Waals surface area contributed by atoms with Gasteiger partial charge in [0.25, 0.3) is 0 Å². The lowest BCUT2D eigenvalue weighted by molar-refractivity contribution is -0.0632. The minimum absolute atomic E-state index is 0.354. The van der Waals surface area contributed by atoms with Crippen LogP contribution in [0.3, 0.4) is 0 Å². The largest absolute Gasteiger partial charge is 0.394 e. The van der Waals surface area contributed by atoms with Crippen molar-refractivity contribution in [2.24, 2.45) is 0 Å². The average Bonchev–Trinajstić information content (AvgIpc) is 2.62. The molecule has 122 valence electrons. The fourth-order valence-corrected chi connectivity index (χ4v) is 2.39. The summed E-state index contributed by atoms with van der Waals surface area (Å²) in [6.45, 7) is 1.10. The molecule has 3 heterocycles. The number of morpholine rings is 1. The maximum atomic E-state index is 13.0. The molecule has 1 fully saturated rings. The Hall–Kier alpha value is -2.16. The van der Waals surface area contributed by atoms with Crippen LogP contribution in [0.15, 0.2) is 30.6 Å². The first-order valence-corrected chi connectivity index (χ1v) is 7.28. The molecular formula is C15H17FN4O3. The van der Waals surface area contributed by atoms with E-state index in [0.717, 1.165) is 6.20 Å². The molecule has 2 atom stereocenters. The summed E-state index contributed by atoms with van der Waals surface area (Å²) in [5.41, 5.74) is 0.480. The SMILES string of the molecule is OC[C@H](O)[C@@H]1CN(c2ccnc(-c3ccc(F)cn3)n2)CCO1. The highest BCUT2D eigenvalue weighted by Gasteiger charge is 2.27. The average molecular weight is 320 g/mol. The monoisotopic (exact) mass is 320 g/mol. The van der Waals surface area contributed by atoms with Crippen LogP contribution in [0.1, 0.15) is 0 Å². The van der Waals surface area contributed by atoms with Gasteiger partial charge in [0.2, 0.25) is 0 Å². The maximum Gasteiger partial charge on any atom is 0.180 e. The van der Waals surface area contributed by atoms with Crippen LogP contribution in [0.4, 0.5) is 10.2 Å². The Kier molecular flexibility index (Phi) is 4.75. The molecule has 0 spiro atoms. The van der Waals surface area contributed by atoms with Crippen molar-refractivity contribution >= 4 is 5.82 Å². The second-order valence-corrected chi connectivity index (χ2v) is 5.21. The molecule has 23 heavy (non-hydrogen) atoms. The number of aliphatic hydroxyl groups excluding tert-OH is 2. The number of ether oxygens (including phenoxy) is 1. The van der Waals surface area contributed by atoms with E-state index in [4.69, 9.17) is 9.84 Å². The molecule has 0 aliphatic carbocycles. The molecule has 0 aromatic carbocycles. The van der Waals surface area contributed by atoms with Gasteiger partial charge in [0.15, 0.2) is 5.82 Å². The minimum atomic E-state index is -0.933. The topological polar surface area (TPSA) is 91.6 Å². The molecule has 0 saturated carbocycles. The molecule has 2 N–H and O–H groups in total. The molecule has 0 amide bonds. The highest BCUT2D eigenvalue weighted by atomic mass is 19.1. The minimum Gasteiger partial charge on any atom is -0.394 e. The van der Waals surface area contributed by atoms with Crippen molar-refractivity contribution < 1.29 is 19.3 Å². The van der Waals surface area contributed by atoms with Crippen LogP contribution in [0.5, 0.6) is 0 Å². The Bertz CT molecular complexity index is 655. The highest BCUT2D eigenvalue weighted by Crippen LogP contribution is 2.19. The molecule has 1 aliphatic rings. The molecule has 8 heteroatoms. The Morgan fingerprint density at radius 2 is 2.22 bits per heavy atom. The van der Waals surface area contributed by atoms with E-state index in [-0.39, 0.29) is 6.61 Å². The Balaban J connectivity index is 1.80. The van der Waals surface area contributed by atoms with E-state index in [9.17, 15) is 9.50 Å². The van der Waals surface area contributed by atoms with Crippen LogP contribution in [-0.2, 0) is 4.74 Å². The molecule has 0 bridgehead atoms. The number of aromatic nitrogens is 3. The van der Waals surface area contributed by atoms with Crippen LogP contribution in [0.2, 0.25) is 0 Å². The molecule has 2 aromatic heterocycles. The fraction of sp³-hybridized carbons (Fsp3) is 0.400. The van der Waals surface area contributed by atoms with E-state index in [2.05, 4.69) is 15.0 Å². The van der Waals surface area contributed by atoms with Crippen molar-refractivity contribution in [3.63, 3.8) is 0 Å². The van der Waals surface area contributed by atoms with Gasteiger partial charge in [-0.2, -0.15) is 0 Å². The Morgan fingerprint density at radius 1 is 1.35 bits per heavy atom. The van der Waals surface area contributed by atoms with Gasteiger partial charge in [-0.15, -0.1) is 0 Å². The first-order valence-electron chi connectivity index (χ1n) is 7.28. The van der Waals surface area contributed by atoms with Gasteiger partial charge in [0, 0.05) is 19.3 Å². The first-order chi connectivity index (χ1) is 11.2. The second kappa shape index (κ2) is 6.95. The first kappa shape index (κ1) is 15.7. The van der Waals surface area contributed by atoms with E-state index in [1.165, 1.54) is 12.1 Å². The van der Waals surface area contributed by atoms with Gasteiger partial charge in [-0.25, -0.2) is 19.3 Å². The number of rotatable bonds is 4. The van der Waals surface area contributed by atoms with Crippen LogP contribution in [0, 0.1) is 5.82 Å². The Morgan fingerprint density at radius 3 is 2.96 bits per heavy atom. The van der Waals surface area contributed by atoms with Crippen molar-refractivity contribution in [1.29, 1.82) is 0 Å². The fourth-order valence-electron chi connectivity index (χ4n) is 2.39. The zero-order valence-electron chi connectivity index (χ0n) is 12.3. The highest BCUT2D eigenvalue weighted by molar-refractivity contribution is 5.52. The lowest BCUT2D eigenvalue weighted by atomic mass is 10.1. The number of halogens is 1. The summed E-state index contributed by atoms with van der Waals surface area (Å²) in [5, 5.41) is 18.8. The number of nitrogens with zero attached hydrogens (tertiary/aromatic N) is 4. The van der Waals surface area contributed by atoms with Gasteiger partial charge >= 0.3 is 0 Å². The lowest BCUT2D eigenvalue weighted by Gasteiger charge is -2.35. The molecule has 1 saturated heterocycles. The van der Waals surface area contributed by atoms with Gasteiger partial charge in [0.05, 0.1) is 19.4 Å². The number of hydrogen-bond donors (Lipinski definition) is 2. The number of anilines is 1. The summed E-state index contributed by atoms with van der Waals surface area (Å²) < 4.78 is 18.4. The summed E-state index contributed by atoms with van der Waals surface area (Å²) >= 11 is 0. The third kappa shape index (κ3) is 3.61. The van der Waals surface area contributed by atoms with Crippen LogP contribution in [0.25, 0.3) is 11.5 Å². The molecule has 2 aromatic rings. The van der Waals surface area contributed by atoms with Crippen molar-refractivity contribution in [3.05, 3.63) is 36.4 Å². The zero-order valence-corrected chi connectivity index (χ0v) is 12.3. The molecule has 1 aliphatic heterocycles. The smallest absolute Gasteiger partial charge is 0.180 e. The predicted molar refractivity (Wildman–Crippen MR) is 80.3 cm³/mol. The summed E-state index contributed by atoms with van der Waals surface area (Å²) in [6, 6.07) is 4.58. The van der Waals surface area contributed by atoms with Crippen molar-refractivity contribution in [3.8, 4) is 11.5 Å². The van der Waals surface area contributed by atoms with E-state index in [1.54, 1.807) is 12.3 Å². The molecular weight excluding hydrogens is 303 g/mol. The van der Waals surface area contributed by atoms with E-state index in [1.807, 2.05) is 4.90 Å². The molecule has 3 rings (SSSR count). The van der Waals surface area contributed by atoms with Crippen molar-refractivity contribution in [2.45, 2.75) is 12.2 Å². The van der Waals surface area contributed by atoms with Crippen LogP contribution in [-0.4, -0.2) is 63.7 Å². The number of aliphatic hydroxyl groups is 2. The van der Waals surface area contributed by atoms with Gasteiger partial charge in [-0.1, -0.05) is 0 Å². The summed E-state index contributed by atoms with van der Waals surface area (Å²) in [7, 11) is 0. The zero-order chi connectivity index (χ0) is 16.2. The molecule has 0 radical (unpaired) electrons. The third-order valence-electron chi connectivity index (χ3n) is 3.63. The van der Waals surface area contributed by atoms with Gasteiger partial charge in [-0.05, 0) is 18.2 Å². The van der Waals surface area contributed by atoms with E-state index >= 15 is 0 Å². The summed E-state index contributed by atoms with van der Waals surface area (Å²) in [6.07, 6.45) is 1.32. The third-order valence-corrected chi connectivity index (χ3v) is 3.63. The van der Waals surface area contributed by atoms with Crippen molar-refractivity contribution in [2.75, 3.05) is 31.2 Å². The Labute approximate surface area is 132 Å². The van der Waals surface area contributed by atoms with Crippen molar-refractivity contribution in [1.82, 2.24) is 15.0 Å². The summed E-state index contributed by atoms with van der Waals surface area (Å²) in [5.74, 6) is 0.645. The molecule has 0 unspecified atom stereocenters. The number of hydrogen-bond acceptors (Lipinski definition) is 7. The quantitative estimate of drug-likeness (QED) is 0.833. The predicted octanol–water partition coefficient (Wildman–Crippen LogP) is 0.236. The van der Waals surface area contributed by atoms with E-state index in [0.29, 0.717) is 37.0 Å². The lowest BCUT2D eigenvalue weighted by Crippen LogP contribution is -2.49. The molecule has 7 nitrogen and oxygen atoms in total. The summed E-state index contributed by atoms with van der Waals surface area (Å²) in [4.78, 5) is 14.5. The van der Waals surface area contributed by atoms with Crippen LogP contribution < -0.4 is 4.90 Å². The van der Waals surface area contributed by atoms with E-state index < -0.39 is 18.0 Å². The van der Waals surface area contributed by atoms with Gasteiger partial charge < -0.3 is 19.8 Å². The normalized spacial score (nSPS) is 19.6. The second-order valence-electron chi connectivity index (χ2n) is 5.21. The standard InChI is InChI=1S/C15H17FN4O3/c16-10-1-2-11(18-7-10)15-17-4-3-14(19-15)20-5-6-23-13(8-20)12(22)9-21/h1-4,7,12-13,21-22H,5-6,8-9H2/t12-,13-/m0/s1. The van der Waals surface area contributed by atoms with Gasteiger partial charge in [-0.3, -0.25) is 0 Å². The number of pyridine rings is 1.